The van der Waals surface area contributed by atoms with Crippen molar-refractivity contribution in [1.82, 2.24) is 8.43 Å². The Morgan fingerprint density at radius 3 is 2.08 bits per heavy atom. The highest BCUT2D eigenvalue weighted by Crippen LogP contribution is 2.33. The Labute approximate surface area is 225 Å². The summed E-state index contributed by atoms with van der Waals surface area (Å²) in [6.07, 6.45) is 2.37. The second kappa shape index (κ2) is 10.9. The van der Waals surface area contributed by atoms with Gasteiger partial charge in [0.05, 0.1) is 20.4 Å². The van der Waals surface area contributed by atoms with Gasteiger partial charge in [0, 0.05) is 24.8 Å². The van der Waals surface area contributed by atoms with Gasteiger partial charge in [0.15, 0.2) is 0 Å². The number of nitro benzene ring substituents is 1. The first-order chi connectivity index (χ1) is 18.3. The number of nitrogens with one attached hydrogen (secondary N) is 2. The van der Waals surface area contributed by atoms with E-state index >= 15 is 0 Å². The third-order valence-corrected chi connectivity index (χ3v) is 11.5. The highest BCUT2D eigenvalue weighted by atomic mass is 32.3. The number of anilines is 3. The number of nitro groups is 1. The van der Waals surface area contributed by atoms with Gasteiger partial charge >= 0.3 is 0 Å². The molecule has 13 nitrogen and oxygen atoms in total. The molecule has 0 amide bonds. The van der Waals surface area contributed by atoms with Crippen molar-refractivity contribution in [2.45, 2.75) is 33.9 Å². The van der Waals surface area contributed by atoms with E-state index < -0.39 is 45.6 Å². The van der Waals surface area contributed by atoms with Gasteiger partial charge in [-0.2, -0.15) is 4.31 Å². The zero-order valence-electron chi connectivity index (χ0n) is 20.3. The summed E-state index contributed by atoms with van der Waals surface area (Å²) < 4.78 is 79.8. The molecule has 1 saturated heterocycles. The second-order valence-corrected chi connectivity index (χ2v) is 14.2. The average Bonchev–Trinajstić information content (AvgIpc) is 2.90. The molecule has 208 valence electrons. The van der Waals surface area contributed by atoms with Crippen LogP contribution in [-0.2, 0) is 30.1 Å². The Morgan fingerprint density at radius 2 is 1.44 bits per heavy atom. The summed E-state index contributed by atoms with van der Waals surface area (Å²) in [5.74, 6) is 0. The third-order valence-electron chi connectivity index (χ3n) is 5.97. The minimum Gasteiger partial charge on any atom is -0.398 e. The molecule has 4 N–H and O–H groups in total. The molecule has 0 aromatic heterocycles. The zero-order chi connectivity index (χ0) is 28.4. The fraction of sp³-hybridized carbons (Fsp3) is 0.217. The molecule has 0 unspecified atom stereocenters. The minimum absolute atomic E-state index is 0.00719. The molecule has 0 aliphatic carbocycles. The highest BCUT2D eigenvalue weighted by Gasteiger charge is 2.29. The molecule has 3 aromatic rings. The Balaban J connectivity index is 1.65. The third kappa shape index (κ3) is 6.20. The summed E-state index contributed by atoms with van der Waals surface area (Å²) in [7, 11) is -13.1. The van der Waals surface area contributed by atoms with Crippen molar-refractivity contribution in [3.8, 4) is 0 Å². The van der Waals surface area contributed by atoms with Crippen molar-refractivity contribution in [2.24, 2.45) is 0 Å². The summed E-state index contributed by atoms with van der Waals surface area (Å²) >= 11 is 0. The first-order valence-electron chi connectivity index (χ1n) is 11.6. The molecule has 1 aliphatic heterocycles. The Bertz CT molecular complexity index is 1720. The van der Waals surface area contributed by atoms with E-state index in [0.29, 0.717) is 19.2 Å². The minimum atomic E-state index is -4.73. The maximum absolute atomic E-state index is 13.1. The first-order valence-corrected chi connectivity index (χ1v) is 16.0. The molecular formula is C23H25N5O8S3. The number of piperidine rings is 1. The molecule has 39 heavy (non-hydrogen) atoms. The van der Waals surface area contributed by atoms with Crippen molar-refractivity contribution in [3.05, 3.63) is 76.8 Å². The van der Waals surface area contributed by atoms with E-state index in [-0.39, 0.29) is 26.9 Å². The lowest BCUT2D eigenvalue weighted by molar-refractivity contribution is -0.384. The van der Waals surface area contributed by atoms with Crippen molar-refractivity contribution in [2.75, 3.05) is 24.1 Å². The van der Waals surface area contributed by atoms with Gasteiger partial charge in [-0.25, -0.2) is 25.3 Å². The van der Waals surface area contributed by atoms with Crippen LogP contribution in [-0.4, -0.2) is 47.6 Å². The molecule has 0 spiro atoms. The predicted octanol–water partition coefficient (Wildman–Crippen LogP) is 2.76. The van der Waals surface area contributed by atoms with E-state index in [4.69, 9.17) is 5.73 Å². The molecule has 1 aliphatic rings. The zero-order valence-corrected chi connectivity index (χ0v) is 22.8. The van der Waals surface area contributed by atoms with E-state index in [1.54, 1.807) is 10.2 Å². The smallest absolute Gasteiger partial charge is 0.294 e. The number of hydrogen-bond donors (Lipinski definition) is 3. The van der Waals surface area contributed by atoms with Crippen LogP contribution in [0.4, 0.5) is 22.7 Å². The van der Waals surface area contributed by atoms with Crippen molar-refractivity contribution < 1.29 is 30.2 Å². The normalized spacial score (nSPS) is 15.1. The van der Waals surface area contributed by atoms with Crippen LogP contribution < -0.4 is 15.2 Å². The van der Waals surface area contributed by atoms with Gasteiger partial charge in [0.1, 0.15) is 10.6 Å². The van der Waals surface area contributed by atoms with Gasteiger partial charge in [-0.3, -0.25) is 10.1 Å². The van der Waals surface area contributed by atoms with E-state index in [0.717, 1.165) is 31.4 Å². The molecule has 3 aromatic carbocycles. The van der Waals surface area contributed by atoms with Crippen LogP contribution in [0, 0.1) is 10.1 Å². The number of nitrogen functional groups attached to an aromatic ring is 1. The maximum atomic E-state index is 13.1. The fourth-order valence-electron chi connectivity index (χ4n) is 4.01. The summed E-state index contributed by atoms with van der Waals surface area (Å²) in [5.41, 5.74) is 5.27. The van der Waals surface area contributed by atoms with E-state index in [1.807, 2.05) is 0 Å². The molecular weight excluding hydrogens is 570 g/mol. The number of nitrogens with two attached hydrogens (primary N) is 1. The van der Waals surface area contributed by atoms with Crippen LogP contribution >= 0.6 is 0 Å². The molecule has 0 bridgehead atoms. The lowest BCUT2D eigenvalue weighted by Gasteiger charge is -2.26. The number of rotatable bonds is 9. The Morgan fingerprint density at radius 1 is 0.795 bits per heavy atom. The number of hydrogen-bond acceptors (Lipinski definition) is 10. The van der Waals surface area contributed by atoms with Crippen LogP contribution in [0.15, 0.2) is 81.4 Å². The van der Waals surface area contributed by atoms with Gasteiger partial charge < -0.3 is 11.1 Å². The van der Waals surface area contributed by atoms with E-state index in [2.05, 4.69) is 5.32 Å². The number of sulfonamides is 3. The molecule has 4 rings (SSSR count). The van der Waals surface area contributed by atoms with Crippen LogP contribution in [0.3, 0.4) is 0 Å². The number of nitrogens with zero attached hydrogens (tertiary/aromatic N) is 2. The Kier molecular flexibility index (Phi) is 7.94. The van der Waals surface area contributed by atoms with Gasteiger partial charge in [-0.15, -0.1) is 4.13 Å². The Hall–Kier alpha value is -3.57. The van der Waals surface area contributed by atoms with Gasteiger partial charge in [0.2, 0.25) is 10.0 Å². The molecule has 1 fully saturated rings. The van der Waals surface area contributed by atoms with Crippen LogP contribution in [0.5, 0.6) is 0 Å². The standard InChI is InChI=1S/C23H25N5O8S3/c24-20-11-9-17(15-23(20)39(35,36)27-13-5-2-6-14-27)25-21-12-10-19(16-22(21)28(29)30)38(33,34)26-37(31,32)18-7-3-1-4-8-18/h1,3-4,7-12,15-16,25-26H,2,5-6,13-14,24H2. The van der Waals surface area contributed by atoms with Gasteiger partial charge in [-0.1, -0.05) is 24.6 Å². The SMILES string of the molecule is Nc1ccc(Nc2ccc(S(=O)(=O)NS(=O)(=O)c3ccccc3)cc2[N+](=O)[O-])cc1S(=O)(=O)N1CCCCC1. The molecule has 16 heteroatoms. The quantitative estimate of drug-likeness (QED) is 0.188. The largest absolute Gasteiger partial charge is 0.398 e. The maximum Gasteiger partial charge on any atom is 0.294 e. The number of benzene rings is 3. The highest BCUT2D eigenvalue weighted by molar-refractivity contribution is 8.04. The van der Waals surface area contributed by atoms with Crippen molar-refractivity contribution in [3.63, 3.8) is 0 Å². The molecule has 0 radical (unpaired) electrons. The summed E-state index contributed by atoms with van der Waals surface area (Å²) in [5, 5.41) is 14.5. The predicted molar refractivity (Wildman–Crippen MR) is 144 cm³/mol. The van der Waals surface area contributed by atoms with E-state index in [1.165, 1.54) is 46.8 Å². The fourth-order valence-corrected chi connectivity index (χ4v) is 8.62. The monoisotopic (exact) mass is 595 g/mol. The van der Waals surface area contributed by atoms with Crippen molar-refractivity contribution in [1.29, 1.82) is 0 Å². The lowest BCUT2D eigenvalue weighted by Crippen LogP contribution is -2.36. The van der Waals surface area contributed by atoms with Crippen LogP contribution in [0.1, 0.15) is 19.3 Å². The van der Waals surface area contributed by atoms with Crippen molar-refractivity contribution >= 4 is 52.8 Å². The van der Waals surface area contributed by atoms with Crippen LogP contribution in [0.2, 0.25) is 0 Å². The summed E-state index contributed by atoms with van der Waals surface area (Å²) in [4.78, 5) is 9.81. The first kappa shape index (κ1) is 28.4. The van der Waals surface area contributed by atoms with E-state index in [9.17, 15) is 35.4 Å². The van der Waals surface area contributed by atoms with Crippen LogP contribution in [0.25, 0.3) is 0 Å². The second-order valence-electron chi connectivity index (χ2n) is 8.68. The van der Waals surface area contributed by atoms with Gasteiger partial charge in [0.25, 0.3) is 25.7 Å². The van der Waals surface area contributed by atoms with Gasteiger partial charge in [-0.05, 0) is 55.3 Å². The molecule has 1 heterocycles. The topological polar surface area (TPSA) is 199 Å². The molecule has 0 atom stereocenters. The summed E-state index contributed by atoms with van der Waals surface area (Å²) in [6.45, 7) is 0.712. The average molecular weight is 596 g/mol. The molecule has 0 saturated carbocycles. The summed E-state index contributed by atoms with van der Waals surface area (Å²) in [6, 6.07) is 13.6. The lowest BCUT2D eigenvalue weighted by atomic mass is 10.2.